The van der Waals surface area contributed by atoms with Crippen molar-refractivity contribution in [2.45, 2.75) is 13.5 Å². The van der Waals surface area contributed by atoms with E-state index in [1.54, 1.807) is 43.3 Å². The second-order valence-corrected chi connectivity index (χ2v) is 5.62. The Morgan fingerprint density at radius 1 is 1.07 bits per heavy atom. The summed E-state index contributed by atoms with van der Waals surface area (Å²) in [6.07, 6.45) is 0. The van der Waals surface area contributed by atoms with Gasteiger partial charge in [0.2, 0.25) is 0 Å². The average Bonchev–Trinajstić information content (AvgIpc) is 2.72. The Balaban J connectivity index is 1.86. The number of aromatic nitrogens is 2. The van der Waals surface area contributed by atoms with Gasteiger partial charge in [0.25, 0.3) is 17.4 Å². The van der Waals surface area contributed by atoms with Crippen LogP contribution in [0.15, 0.2) is 53.3 Å². The first kappa shape index (κ1) is 17.8. The molecule has 0 saturated heterocycles. The molecular weight excluding hydrogens is 346 g/mol. The molecule has 0 atom stereocenters. The summed E-state index contributed by atoms with van der Waals surface area (Å²) < 4.78 is 1.19. The van der Waals surface area contributed by atoms with Gasteiger partial charge in [0.1, 0.15) is 0 Å². The third-order valence-corrected chi connectivity index (χ3v) is 3.93. The maximum atomic E-state index is 12.5. The second kappa shape index (κ2) is 7.49. The van der Waals surface area contributed by atoms with Crippen LogP contribution in [-0.2, 0) is 6.54 Å². The molecule has 0 radical (unpaired) electrons. The van der Waals surface area contributed by atoms with Crippen LogP contribution in [0, 0.1) is 11.3 Å². The number of fused-ring (bicyclic) bond motifs is 1. The molecule has 0 bridgehead atoms. The van der Waals surface area contributed by atoms with Gasteiger partial charge in [-0.05, 0) is 31.2 Å². The Morgan fingerprint density at radius 3 is 2.48 bits per heavy atom. The Labute approximate surface area is 154 Å². The van der Waals surface area contributed by atoms with Crippen LogP contribution >= 0.6 is 0 Å². The van der Waals surface area contributed by atoms with Crippen LogP contribution in [-0.4, -0.2) is 21.6 Å². The standard InChI is InChI=1S/C19H15N5O3/c1-2-24-19(27)15-9-4-3-8-14(15)16(23-24)18(26)22-21-17(25)13-7-5-6-12(10-13)11-20/h3-10H,2H2,1H3,(H,21,25)(H,22,26). The molecule has 0 fully saturated rings. The first-order valence-electron chi connectivity index (χ1n) is 8.16. The number of hydrogen-bond acceptors (Lipinski definition) is 5. The lowest BCUT2D eigenvalue weighted by molar-refractivity contribution is 0.0843. The van der Waals surface area contributed by atoms with E-state index in [-0.39, 0.29) is 16.8 Å². The maximum absolute atomic E-state index is 12.5. The number of hydrazine groups is 1. The van der Waals surface area contributed by atoms with Crippen molar-refractivity contribution in [3.63, 3.8) is 0 Å². The summed E-state index contributed by atoms with van der Waals surface area (Å²) >= 11 is 0. The van der Waals surface area contributed by atoms with E-state index in [1.165, 1.54) is 16.8 Å². The van der Waals surface area contributed by atoms with Gasteiger partial charge >= 0.3 is 0 Å². The van der Waals surface area contributed by atoms with Crippen molar-refractivity contribution in [3.05, 3.63) is 75.7 Å². The zero-order valence-electron chi connectivity index (χ0n) is 14.4. The Morgan fingerprint density at radius 2 is 1.78 bits per heavy atom. The predicted molar refractivity (Wildman–Crippen MR) is 97.8 cm³/mol. The number of carbonyl (C=O) groups excluding carboxylic acids is 2. The van der Waals surface area contributed by atoms with Crippen LogP contribution in [0.2, 0.25) is 0 Å². The second-order valence-electron chi connectivity index (χ2n) is 5.62. The number of benzene rings is 2. The molecule has 3 rings (SSSR count). The molecule has 8 heteroatoms. The summed E-state index contributed by atoms with van der Waals surface area (Å²) in [5, 5.41) is 13.8. The van der Waals surface area contributed by atoms with Gasteiger partial charge in [0, 0.05) is 17.5 Å². The summed E-state index contributed by atoms with van der Waals surface area (Å²) in [5.74, 6) is -1.23. The van der Waals surface area contributed by atoms with Gasteiger partial charge in [-0.2, -0.15) is 10.4 Å². The first-order valence-corrected chi connectivity index (χ1v) is 8.16. The normalized spacial score (nSPS) is 10.2. The van der Waals surface area contributed by atoms with Crippen molar-refractivity contribution in [3.8, 4) is 6.07 Å². The van der Waals surface area contributed by atoms with Gasteiger partial charge in [-0.25, -0.2) is 4.68 Å². The van der Waals surface area contributed by atoms with Crippen molar-refractivity contribution in [1.82, 2.24) is 20.6 Å². The van der Waals surface area contributed by atoms with Gasteiger partial charge in [-0.15, -0.1) is 0 Å². The quantitative estimate of drug-likeness (QED) is 0.683. The molecule has 134 valence electrons. The molecule has 1 aromatic heterocycles. The van der Waals surface area contributed by atoms with Gasteiger partial charge in [0.05, 0.1) is 17.0 Å². The van der Waals surface area contributed by atoms with Crippen LogP contribution in [0.3, 0.4) is 0 Å². The van der Waals surface area contributed by atoms with E-state index in [4.69, 9.17) is 5.26 Å². The molecule has 2 N–H and O–H groups in total. The topological polar surface area (TPSA) is 117 Å². The molecule has 0 aliphatic carbocycles. The summed E-state index contributed by atoms with van der Waals surface area (Å²) in [5.41, 5.74) is 4.88. The molecule has 27 heavy (non-hydrogen) atoms. The molecule has 0 unspecified atom stereocenters. The molecule has 0 spiro atoms. The number of aryl methyl sites for hydroxylation is 1. The predicted octanol–water partition coefficient (Wildman–Crippen LogP) is 1.36. The van der Waals surface area contributed by atoms with E-state index in [9.17, 15) is 14.4 Å². The van der Waals surface area contributed by atoms with Crippen molar-refractivity contribution in [2.75, 3.05) is 0 Å². The fraction of sp³-hybridized carbons (Fsp3) is 0.105. The smallest absolute Gasteiger partial charge is 0.267 e. The van der Waals surface area contributed by atoms with Crippen molar-refractivity contribution >= 4 is 22.6 Å². The van der Waals surface area contributed by atoms with Crippen LogP contribution in [0.25, 0.3) is 10.8 Å². The molecule has 2 aromatic carbocycles. The highest BCUT2D eigenvalue weighted by atomic mass is 16.2. The minimum Gasteiger partial charge on any atom is -0.267 e. The zero-order valence-corrected chi connectivity index (χ0v) is 14.4. The monoisotopic (exact) mass is 361 g/mol. The third kappa shape index (κ3) is 3.52. The highest BCUT2D eigenvalue weighted by Gasteiger charge is 2.17. The van der Waals surface area contributed by atoms with E-state index in [0.717, 1.165) is 0 Å². The zero-order chi connectivity index (χ0) is 19.4. The average molecular weight is 361 g/mol. The highest BCUT2D eigenvalue weighted by molar-refractivity contribution is 6.06. The lowest BCUT2D eigenvalue weighted by atomic mass is 10.1. The molecular formula is C19H15N5O3. The third-order valence-electron chi connectivity index (χ3n) is 3.93. The van der Waals surface area contributed by atoms with E-state index in [2.05, 4.69) is 16.0 Å². The summed E-state index contributed by atoms with van der Waals surface area (Å²) in [6.45, 7) is 2.05. The Kier molecular flexibility index (Phi) is 4.95. The van der Waals surface area contributed by atoms with Gasteiger partial charge < -0.3 is 0 Å². The van der Waals surface area contributed by atoms with Crippen molar-refractivity contribution < 1.29 is 9.59 Å². The maximum Gasteiger partial charge on any atom is 0.290 e. The van der Waals surface area contributed by atoms with E-state index in [1.807, 2.05) is 6.07 Å². The summed E-state index contributed by atoms with van der Waals surface area (Å²) in [6, 6.07) is 14.7. The first-order chi connectivity index (χ1) is 13.0. The molecule has 1 heterocycles. The van der Waals surface area contributed by atoms with Crippen molar-refractivity contribution in [2.24, 2.45) is 0 Å². The number of carbonyl (C=O) groups is 2. The number of nitrogens with zero attached hydrogens (tertiary/aromatic N) is 3. The van der Waals surface area contributed by atoms with E-state index in [0.29, 0.717) is 22.9 Å². The largest absolute Gasteiger partial charge is 0.290 e. The lowest BCUT2D eigenvalue weighted by Gasteiger charge is -2.11. The minimum absolute atomic E-state index is 0.0260. The molecule has 3 aromatic rings. The molecule has 2 amide bonds. The van der Waals surface area contributed by atoms with Gasteiger partial charge in [0.15, 0.2) is 5.69 Å². The number of amides is 2. The summed E-state index contributed by atoms with van der Waals surface area (Å²) in [4.78, 5) is 37.0. The fourth-order valence-corrected chi connectivity index (χ4v) is 2.59. The van der Waals surface area contributed by atoms with Crippen molar-refractivity contribution in [1.29, 1.82) is 5.26 Å². The molecule has 8 nitrogen and oxygen atoms in total. The van der Waals surface area contributed by atoms with Gasteiger partial charge in [-0.1, -0.05) is 24.3 Å². The van der Waals surface area contributed by atoms with Crippen LogP contribution in [0.4, 0.5) is 0 Å². The van der Waals surface area contributed by atoms with Crippen LogP contribution in [0.5, 0.6) is 0 Å². The lowest BCUT2D eigenvalue weighted by Crippen LogP contribution is -2.42. The Bertz CT molecular complexity index is 1140. The number of nitriles is 1. The number of hydrogen-bond donors (Lipinski definition) is 2. The van der Waals surface area contributed by atoms with E-state index >= 15 is 0 Å². The van der Waals surface area contributed by atoms with Crippen LogP contribution < -0.4 is 16.4 Å². The highest BCUT2D eigenvalue weighted by Crippen LogP contribution is 2.13. The van der Waals surface area contributed by atoms with E-state index < -0.39 is 11.8 Å². The minimum atomic E-state index is -0.654. The molecule has 0 aliphatic heterocycles. The van der Waals surface area contributed by atoms with Gasteiger partial charge in [-0.3, -0.25) is 25.2 Å². The molecule has 0 aliphatic rings. The number of rotatable bonds is 3. The number of nitrogens with one attached hydrogen (secondary N) is 2. The fourth-order valence-electron chi connectivity index (χ4n) is 2.59. The Hall–Kier alpha value is -3.99. The van der Waals surface area contributed by atoms with Crippen LogP contribution in [0.1, 0.15) is 33.3 Å². The summed E-state index contributed by atoms with van der Waals surface area (Å²) in [7, 11) is 0. The SMILES string of the molecule is CCn1nc(C(=O)NNC(=O)c2cccc(C#N)c2)c2ccccc2c1=O. The molecule has 0 saturated carbocycles.